The Bertz CT molecular complexity index is 1430. The number of carbonyl (C=O) groups is 1. The number of halogens is 3. The first-order valence-electron chi connectivity index (χ1n) is 13.4. The Morgan fingerprint density at radius 1 is 0.976 bits per heavy atom. The number of ether oxygens (including phenoxy) is 4. The van der Waals surface area contributed by atoms with Gasteiger partial charge in [0.05, 0.1) is 32.4 Å². The smallest absolute Gasteiger partial charge is 0.416 e. The van der Waals surface area contributed by atoms with Gasteiger partial charge in [-0.3, -0.25) is 4.90 Å². The second kappa shape index (κ2) is 14.6. The van der Waals surface area contributed by atoms with Crippen LogP contribution in [0.1, 0.15) is 27.8 Å². The normalized spacial score (nSPS) is 14.1. The molecule has 1 fully saturated rings. The van der Waals surface area contributed by atoms with Crippen LogP contribution in [0.15, 0.2) is 72.8 Å². The number of rotatable bonds is 9. The molecule has 1 saturated heterocycles. The van der Waals surface area contributed by atoms with E-state index in [1.165, 1.54) is 19.2 Å². The molecule has 3 aromatic carbocycles. The first kappa shape index (κ1) is 30.7. The molecule has 42 heavy (non-hydrogen) atoms. The Morgan fingerprint density at radius 3 is 2.26 bits per heavy atom. The van der Waals surface area contributed by atoms with E-state index in [0.717, 1.165) is 60.7 Å². The molecule has 9 heteroatoms. The van der Waals surface area contributed by atoms with Gasteiger partial charge < -0.3 is 18.9 Å². The molecule has 220 valence electrons. The van der Waals surface area contributed by atoms with Crippen LogP contribution in [0.4, 0.5) is 13.2 Å². The second-order valence-electron chi connectivity index (χ2n) is 9.56. The number of hydrogen-bond acceptors (Lipinski definition) is 6. The lowest BCUT2D eigenvalue weighted by atomic mass is 9.96. The summed E-state index contributed by atoms with van der Waals surface area (Å²) in [6, 6.07) is 17.9. The SMILES string of the molecule is COC(=O)COc1ccc(OC/C=C(\c2ccc(C#CCN3CCOCC3)cc2)c2ccc(C(F)(F)F)cc2)cc1C. The van der Waals surface area contributed by atoms with Crippen LogP contribution < -0.4 is 9.47 Å². The van der Waals surface area contributed by atoms with Crippen molar-refractivity contribution in [2.75, 3.05) is 53.2 Å². The van der Waals surface area contributed by atoms with Gasteiger partial charge in [-0.25, -0.2) is 4.79 Å². The number of benzene rings is 3. The second-order valence-corrected chi connectivity index (χ2v) is 9.56. The maximum atomic E-state index is 13.2. The Hall–Kier alpha value is -4.26. The number of esters is 1. The maximum absolute atomic E-state index is 13.2. The highest BCUT2D eigenvalue weighted by atomic mass is 19.4. The average molecular weight is 580 g/mol. The summed E-state index contributed by atoms with van der Waals surface area (Å²) in [4.78, 5) is 13.6. The molecule has 0 bridgehead atoms. The van der Waals surface area contributed by atoms with E-state index < -0.39 is 17.7 Å². The number of hydrogen-bond donors (Lipinski definition) is 0. The number of alkyl halides is 3. The third-order valence-electron chi connectivity index (χ3n) is 6.62. The van der Waals surface area contributed by atoms with E-state index in [4.69, 9.17) is 14.2 Å². The van der Waals surface area contributed by atoms with Crippen molar-refractivity contribution in [3.63, 3.8) is 0 Å². The van der Waals surface area contributed by atoms with E-state index in [1.54, 1.807) is 18.2 Å². The van der Waals surface area contributed by atoms with Crippen molar-refractivity contribution in [1.29, 1.82) is 0 Å². The van der Waals surface area contributed by atoms with E-state index in [9.17, 15) is 18.0 Å². The predicted octanol–water partition coefficient (Wildman–Crippen LogP) is 5.76. The van der Waals surface area contributed by atoms with Crippen LogP contribution in [0.3, 0.4) is 0 Å². The minimum absolute atomic E-state index is 0.166. The first-order valence-corrected chi connectivity index (χ1v) is 13.4. The van der Waals surface area contributed by atoms with E-state index in [2.05, 4.69) is 21.5 Å². The Kier molecular flexibility index (Phi) is 10.7. The molecule has 6 nitrogen and oxygen atoms in total. The summed E-state index contributed by atoms with van der Waals surface area (Å²) in [5, 5.41) is 0. The van der Waals surface area contributed by atoms with Crippen LogP contribution in [0.5, 0.6) is 11.5 Å². The molecule has 1 heterocycles. The topological polar surface area (TPSA) is 57.2 Å². The third kappa shape index (κ3) is 8.87. The number of methoxy groups -OCH3 is 1. The average Bonchev–Trinajstić information content (AvgIpc) is 2.99. The van der Waals surface area contributed by atoms with Crippen molar-refractivity contribution in [3.8, 4) is 23.3 Å². The van der Waals surface area contributed by atoms with Gasteiger partial charge in [-0.2, -0.15) is 13.2 Å². The van der Waals surface area contributed by atoms with Gasteiger partial charge in [-0.15, -0.1) is 0 Å². The quantitative estimate of drug-likeness (QED) is 0.237. The number of nitrogens with zero attached hydrogens (tertiary/aromatic N) is 1. The zero-order valence-corrected chi connectivity index (χ0v) is 23.5. The summed E-state index contributed by atoms with van der Waals surface area (Å²) in [6.07, 6.45) is -2.59. The molecule has 1 aliphatic rings. The first-order chi connectivity index (χ1) is 20.2. The Balaban J connectivity index is 1.50. The minimum Gasteiger partial charge on any atom is -0.489 e. The van der Waals surface area contributed by atoms with Crippen LogP contribution in [0, 0.1) is 18.8 Å². The van der Waals surface area contributed by atoms with Crippen molar-refractivity contribution >= 4 is 11.5 Å². The number of morpholine rings is 1. The molecule has 3 aromatic rings. The number of aryl methyl sites for hydroxylation is 1. The molecule has 0 N–H and O–H groups in total. The van der Waals surface area contributed by atoms with Crippen LogP contribution in [-0.2, 0) is 20.4 Å². The fraction of sp³-hybridized carbons (Fsp3) is 0.303. The zero-order chi connectivity index (χ0) is 30.0. The van der Waals surface area contributed by atoms with E-state index in [0.29, 0.717) is 23.6 Å². The van der Waals surface area contributed by atoms with Gasteiger partial charge in [0.2, 0.25) is 0 Å². The van der Waals surface area contributed by atoms with Gasteiger partial charge >= 0.3 is 12.1 Å². The predicted molar refractivity (Wildman–Crippen MR) is 153 cm³/mol. The molecule has 0 amide bonds. The standard InChI is InChI=1S/C33H32F3NO5/c1-24-22-29(13-14-31(24)42-23-32(38)39-2)41-19-15-30(27-9-11-28(12-10-27)33(34,35)36)26-7-5-25(6-8-26)4-3-16-37-17-20-40-21-18-37/h5-15,22H,16-21,23H2,1-2H3/b30-15+. The molecular weight excluding hydrogens is 547 g/mol. The van der Waals surface area contributed by atoms with Gasteiger partial charge in [0.25, 0.3) is 0 Å². The van der Waals surface area contributed by atoms with Gasteiger partial charge in [-0.05, 0) is 77.7 Å². The summed E-state index contributed by atoms with van der Waals surface area (Å²) in [7, 11) is 1.29. The van der Waals surface area contributed by atoms with E-state index in [1.807, 2.05) is 37.3 Å². The fourth-order valence-corrected chi connectivity index (χ4v) is 4.28. The molecule has 0 spiro atoms. The van der Waals surface area contributed by atoms with Crippen LogP contribution in [0.25, 0.3) is 5.57 Å². The largest absolute Gasteiger partial charge is 0.489 e. The van der Waals surface area contributed by atoms with Crippen LogP contribution in [0.2, 0.25) is 0 Å². The summed E-state index contributed by atoms with van der Waals surface area (Å²) >= 11 is 0. The summed E-state index contributed by atoms with van der Waals surface area (Å²) in [5.74, 6) is 7.00. The molecule has 0 radical (unpaired) electrons. The molecule has 0 aromatic heterocycles. The molecular formula is C33H32F3NO5. The highest BCUT2D eigenvalue weighted by Gasteiger charge is 2.30. The molecule has 4 rings (SSSR count). The highest BCUT2D eigenvalue weighted by molar-refractivity contribution is 5.80. The summed E-state index contributed by atoms with van der Waals surface area (Å²) in [6.45, 7) is 5.62. The molecule has 0 saturated carbocycles. The number of carbonyl (C=O) groups excluding carboxylic acids is 1. The Morgan fingerprint density at radius 2 is 1.64 bits per heavy atom. The monoisotopic (exact) mass is 579 g/mol. The van der Waals surface area contributed by atoms with Crippen LogP contribution in [-0.4, -0.2) is 64.0 Å². The summed E-state index contributed by atoms with van der Waals surface area (Å²) < 4.78 is 60.9. The summed E-state index contributed by atoms with van der Waals surface area (Å²) in [5.41, 5.74) is 3.08. The van der Waals surface area contributed by atoms with Gasteiger partial charge in [0, 0.05) is 18.7 Å². The van der Waals surface area contributed by atoms with Crippen molar-refractivity contribution in [2.45, 2.75) is 13.1 Å². The van der Waals surface area contributed by atoms with Gasteiger partial charge in [0.1, 0.15) is 18.1 Å². The molecule has 0 atom stereocenters. The Labute approximate surface area is 243 Å². The lowest BCUT2D eigenvalue weighted by molar-refractivity contribution is -0.143. The van der Waals surface area contributed by atoms with Gasteiger partial charge in [0.15, 0.2) is 6.61 Å². The van der Waals surface area contributed by atoms with E-state index in [-0.39, 0.29) is 13.2 Å². The zero-order valence-electron chi connectivity index (χ0n) is 23.5. The van der Waals surface area contributed by atoms with Crippen molar-refractivity contribution < 1.29 is 36.9 Å². The minimum atomic E-state index is -4.42. The van der Waals surface area contributed by atoms with E-state index >= 15 is 0 Å². The van der Waals surface area contributed by atoms with Crippen molar-refractivity contribution in [2.24, 2.45) is 0 Å². The molecule has 1 aliphatic heterocycles. The fourth-order valence-electron chi connectivity index (χ4n) is 4.28. The highest BCUT2D eigenvalue weighted by Crippen LogP contribution is 2.32. The maximum Gasteiger partial charge on any atom is 0.416 e. The lowest BCUT2D eigenvalue weighted by Gasteiger charge is -2.24. The molecule has 0 aliphatic carbocycles. The van der Waals surface area contributed by atoms with Crippen LogP contribution >= 0.6 is 0 Å². The van der Waals surface area contributed by atoms with Gasteiger partial charge in [-0.1, -0.05) is 36.1 Å². The third-order valence-corrected chi connectivity index (χ3v) is 6.62. The van der Waals surface area contributed by atoms with Crippen molar-refractivity contribution in [1.82, 2.24) is 4.90 Å². The lowest BCUT2D eigenvalue weighted by Crippen LogP contribution is -2.36. The van der Waals surface area contributed by atoms with Crippen molar-refractivity contribution in [3.05, 3.63) is 101 Å². The molecule has 0 unspecified atom stereocenters.